The number of hydrogen-bond donors (Lipinski definition) is 1. The summed E-state index contributed by atoms with van der Waals surface area (Å²) in [5, 5.41) is 1.32. The van der Waals surface area contributed by atoms with Crippen LogP contribution in [0.2, 0.25) is 0 Å². The van der Waals surface area contributed by atoms with E-state index in [4.69, 9.17) is 5.84 Å². The number of carbonyl (C=O) groups excluding carboxylic acids is 1. The molecule has 0 saturated heterocycles. The molecule has 2 saturated carbocycles. The molecular weight excluding hydrogens is 322 g/mol. The zero-order valence-corrected chi connectivity index (χ0v) is 15.1. The van der Waals surface area contributed by atoms with E-state index in [9.17, 15) is 4.79 Å². The third-order valence-corrected chi connectivity index (χ3v) is 6.21. The maximum atomic E-state index is 13.1. The third kappa shape index (κ3) is 2.61. The second kappa shape index (κ2) is 6.61. The molecule has 26 heavy (non-hydrogen) atoms. The van der Waals surface area contributed by atoms with Crippen LogP contribution in [0.5, 0.6) is 0 Å². The van der Waals surface area contributed by atoms with Crippen molar-refractivity contribution >= 4 is 17.3 Å². The predicted octanol–water partition coefficient (Wildman–Crippen LogP) is 3.82. The maximum absolute atomic E-state index is 13.1. The monoisotopic (exact) mass is 347 g/mol. The van der Waals surface area contributed by atoms with Crippen LogP contribution in [0, 0.1) is 23.7 Å². The van der Waals surface area contributed by atoms with E-state index in [1.165, 1.54) is 11.4 Å². The Balaban J connectivity index is 1.54. The Bertz CT molecular complexity index is 735. The molecule has 0 spiro atoms. The topological polar surface area (TPSA) is 49.6 Å². The summed E-state index contributed by atoms with van der Waals surface area (Å²) in [6.45, 7) is 4.35. The van der Waals surface area contributed by atoms with Crippen molar-refractivity contribution in [3.8, 4) is 0 Å². The average Bonchev–Trinajstić information content (AvgIpc) is 2.68. The lowest BCUT2D eigenvalue weighted by atomic mass is 9.46. The zero-order valence-electron chi connectivity index (χ0n) is 15.1. The molecule has 2 aliphatic carbocycles. The van der Waals surface area contributed by atoms with Gasteiger partial charge in [0.25, 0.3) is 0 Å². The first-order valence-corrected chi connectivity index (χ1v) is 9.21. The summed E-state index contributed by atoms with van der Waals surface area (Å²) in [6.07, 6.45) is 2.29. The van der Waals surface area contributed by atoms with Gasteiger partial charge in [0.1, 0.15) is 0 Å². The number of allylic oxidation sites excluding steroid dienone is 1. The largest absolute Gasteiger partial charge is 0.348 e. The lowest BCUT2D eigenvalue weighted by Crippen LogP contribution is -2.62. The summed E-state index contributed by atoms with van der Waals surface area (Å²) < 4.78 is 0. The second-order valence-corrected chi connectivity index (χ2v) is 7.39. The number of hydrazine groups is 1. The van der Waals surface area contributed by atoms with Crippen LogP contribution in [0.1, 0.15) is 12.8 Å². The third-order valence-electron chi connectivity index (χ3n) is 6.21. The molecule has 1 amide bonds. The van der Waals surface area contributed by atoms with Gasteiger partial charge in [-0.05, 0) is 48.9 Å². The Morgan fingerprint density at radius 3 is 1.96 bits per heavy atom. The molecule has 4 nitrogen and oxygen atoms in total. The summed E-state index contributed by atoms with van der Waals surface area (Å²) in [5.74, 6) is 7.28. The summed E-state index contributed by atoms with van der Waals surface area (Å²) >= 11 is 0. The van der Waals surface area contributed by atoms with Crippen molar-refractivity contribution in [1.82, 2.24) is 0 Å². The molecule has 4 atom stereocenters. The molecule has 4 rings (SSSR count). The van der Waals surface area contributed by atoms with E-state index in [2.05, 4.69) is 23.6 Å². The molecule has 2 N–H and O–H groups in total. The van der Waals surface area contributed by atoms with E-state index >= 15 is 0 Å². The van der Waals surface area contributed by atoms with Crippen molar-refractivity contribution in [2.45, 2.75) is 12.8 Å². The summed E-state index contributed by atoms with van der Waals surface area (Å²) in [5.41, 5.74) is 2.84. The first kappa shape index (κ1) is 16.9. The van der Waals surface area contributed by atoms with Crippen LogP contribution in [-0.4, -0.2) is 13.0 Å². The van der Waals surface area contributed by atoms with Gasteiger partial charge in [-0.15, -0.1) is 0 Å². The molecule has 0 heterocycles. The smallest absolute Gasteiger partial charge is 0.245 e. The number of para-hydroxylation sites is 2. The minimum Gasteiger partial charge on any atom is -0.348 e. The summed E-state index contributed by atoms with van der Waals surface area (Å²) in [4.78, 5) is 15.2. The van der Waals surface area contributed by atoms with Crippen molar-refractivity contribution in [2.24, 2.45) is 29.5 Å². The predicted molar refractivity (Wildman–Crippen MR) is 105 cm³/mol. The highest BCUT2D eigenvalue weighted by molar-refractivity contribution is 5.95. The molecule has 0 aliphatic heterocycles. The van der Waals surface area contributed by atoms with Gasteiger partial charge in [0.15, 0.2) is 0 Å². The van der Waals surface area contributed by atoms with Gasteiger partial charge in [-0.1, -0.05) is 43.0 Å². The normalized spacial score (nSPS) is 26.1. The number of amides is 1. The number of hydrogen-bond acceptors (Lipinski definition) is 3. The number of fused-ring (bicyclic) bond motifs is 1. The minimum atomic E-state index is -0.0716. The van der Waals surface area contributed by atoms with Crippen LogP contribution in [0.15, 0.2) is 72.9 Å². The highest BCUT2D eigenvalue weighted by Crippen LogP contribution is 2.61. The van der Waals surface area contributed by atoms with Gasteiger partial charge in [-0.3, -0.25) is 4.79 Å². The van der Waals surface area contributed by atoms with Crippen LogP contribution in [0.25, 0.3) is 0 Å². The lowest BCUT2D eigenvalue weighted by Gasteiger charge is -2.60. The van der Waals surface area contributed by atoms with Gasteiger partial charge in [0, 0.05) is 24.4 Å². The summed E-state index contributed by atoms with van der Waals surface area (Å²) in [7, 11) is 2.03. The number of carbonyl (C=O) groups is 1. The van der Waals surface area contributed by atoms with Crippen LogP contribution < -0.4 is 15.8 Å². The van der Waals surface area contributed by atoms with E-state index in [0.29, 0.717) is 11.8 Å². The van der Waals surface area contributed by atoms with Gasteiger partial charge in [-0.25, -0.2) is 10.9 Å². The van der Waals surface area contributed by atoms with Gasteiger partial charge in [-0.2, -0.15) is 0 Å². The Morgan fingerprint density at radius 2 is 1.42 bits per heavy atom. The van der Waals surface area contributed by atoms with Crippen molar-refractivity contribution in [3.63, 3.8) is 0 Å². The van der Waals surface area contributed by atoms with Crippen LogP contribution in [0.4, 0.5) is 11.4 Å². The number of nitrogens with zero attached hydrogens (tertiary/aromatic N) is 2. The van der Waals surface area contributed by atoms with E-state index in [1.54, 1.807) is 0 Å². The molecule has 0 aromatic heterocycles. The standard InChI is InChI=1S/C22H25N3O/c1-15(24(2)16-9-5-3-6-10-16)20-18-13-14-19(18)21(20)22(26)25(23)17-11-7-4-8-12-17/h3-12,18-21H,1,13-14,23H2,2H3. The number of anilines is 2. The van der Waals surface area contributed by atoms with E-state index in [1.807, 2.05) is 55.6 Å². The maximum Gasteiger partial charge on any atom is 0.245 e. The highest BCUT2D eigenvalue weighted by Gasteiger charge is 2.60. The Hall–Kier alpha value is -2.59. The van der Waals surface area contributed by atoms with Crippen LogP contribution in [-0.2, 0) is 4.79 Å². The van der Waals surface area contributed by atoms with Crippen LogP contribution in [0.3, 0.4) is 0 Å². The summed E-state index contributed by atoms with van der Waals surface area (Å²) in [6, 6.07) is 19.6. The fraction of sp³-hybridized carbons (Fsp3) is 0.318. The molecule has 0 bridgehead atoms. The molecule has 2 aliphatic rings. The average molecular weight is 347 g/mol. The van der Waals surface area contributed by atoms with Crippen molar-refractivity contribution in [1.29, 1.82) is 0 Å². The molecule has 2 fully saturated rings. The van der Waals surface area contributed by atoms with Crippen LogP contribution >= 0.6 is 0 Å². The van der Waals surface area contributed by atoms with Gasteiger partial charge in [0.05, 0.1) is 11.6 Å². The number of nitrogens with two attached hydrogens (primary N) is 1. The fourth-order valence-corrected chi connectivity index (χ4v) is 4.54. The number of benzene rings is 2. The second-order valence-electron chi connectivity index (χ2n) is 7.39. The van der Waals surface area contributed by atoms with Crippen molar-refractivity contribution in [3.05, 3.63) is 72.9 Å². The lowest BCUT2D eigenvalue weighted by molar-refractivity contribution is -0.147. The SMILES string of the molecule is C=C(C1C2CCC2C1C(=O)N(N)c1ccccc1)N(C)c1ccccc1. The first-order chi connectivity index (χ1) is 12.6. The van der Waals surface area contributed by atoms with Crippen molar-refractivity contribution in [2.75, 3.05) is 17.0 Å². The molecule has 4 heteroatoms. The molecule has 134 valence electrons. The van der Waals surface area contributed by atoms with Gasteiger partial charge in [0.2, 0.25) is 5.91 Å². The Labute approximate surface area is 154 Å². The molecular formula is C22H25N3O. The van der Waals surface area contributed by atoms with Gasteiger partial charge < -0.3 is 4.90 Å². The highest BCUT2D eigenvalue weighted by atomic mass is 16.2. The zero-order chi connectivity index (χ0) is 18.3. The molecule has 2 aromatic rings. The van der Waals surface area contributed by atoms with E-state index in [0.717, 1.165) is 23.5 Å². The minimum absolute atomic E-state index is 0.00441. The molecule has 2 aromatic carbocycles. The number of rotatable bonds is 5. The van der Waals surface area contributed by atoms with E-state index in [-0.39, 0.29) is 17.7 Å². The fourth-order valence-electron chi connectivity index (χ4n) is 4.54. The molecule has 4 unspecified atom stereocenters. The molecule has 0 radical (unpaired) electrons. The Kier molecular flexibility index (Phi) is 4.29. The van der Waals surface area contributed by atoms with Gasteiger partial charge >= 0.3 is 0 Å². The Morgan fingerprint density at radius 1 is 0.923 bits per heavy atom. The van der Waals surface area contributed by atoms with E-state index < -0.39 is 0 Å². The quantitative estimate of drug-likeness (QED) is 0.508. The first-order valence-electron chi connectivity index (χ1n) is 9.21. The van der Waals surface area contributed by atoms with Crippen molar-refractivity contribution < 1.29 is 4.79 Å².